The molecule has 2 aliphatic rings. The zero-order chi connectivity index (χ0) is 23.0. The summed E-state index contributed by atoms with van der Waals surface area (Å²) in [5, 5.41) is 5.37. The van der Waals surface area contributed by atoms with Gasteiger partial charge in [-0.2, -0.15) is 8.42 Å². The Labute approximate surface area is 185 Å². The third-order valence-electron chi connectivity index (χ3n) is 5.50. The molecule has 2 aliphatic heterocycles. The van der Waals surface area contributed by atoms with Crippen molar-refractivity contribution in [1.29, 1.82) is 0 Å². The summed E-state index contributed by atoms with van der Waals surface area (Å²) in [4.78, 5) is 38.5. The van der Waals surface area contributed by atoms with Crippen molar-refractivity contribution in [2.24, 2.45) is 0 Å². The summed E-state index contributed by atoms with van der Waals surface area (Å²) in [7, 11) is -3.99. The van der Waals surface area contributed by atoms with Crippen LogP contribution < -0.4 is 10.6 Å². The molecule has 2 N–H and O–H groups in total. The number of piperidine rings is 1. The Bertz CT molecular complexity index is 1220. The van der Waals surface area contributed by atoms with Crippen molar-refractivity contribution in [3.63, 3.8) is 0 Å². The SMILES string of the molecule is CCOS(=O)(=O)c1ccc(C)cc1Nc1cccc2c1C(=O)N(C1CCC(=O)NC1=O)C2. The molecule has 168 valence electrons. The Hall–Kier alpha value is -3.24. The molecule has 0 radical (unpaired) electrons. The first-order chi connectivity index (χ1) is 15.2. The van der Waals surface area contributed by atoms with Gasteiger partial charge >= 0.3 is 0 Å². The highest BCUT2D eigenvalue weighted by Crippen LogP contribution is 2.35. The highest BCUT2D eigenvalue weighted by molar-refractivity contribution is 7.87. The van der Waals surface area contributed by atoms with Crippen molar-refractivity contribution in [2.45, 2.75) is 44.2 Å². The van der Waals surface area contributed by atoms with Crippen LogP contribution in [0, 0.1) is 6.92 Å². The molecule has 1 fully saturated rings. The summed E-state index contributed by atoms with van der Waals surface area (Å²) in [5.41, 5.74) is 2.64. The average molecular weight is 458 g/mol. The van der Waals surface area contributed by atoms with Crippen LogP contribution in [-0.4, -0.2) is 43.7 Å². The number of aryl methyl sites for hydroxylation is 1. The van der Waals surface area contributed by atoms with Gasteiger partial charge in [0.25, 0.3) is 16.0 Å². The quantitative estimate of drug-likeness (QED) is 0.504. The highest BCUT2D eigenvalue weighted by atomic mass is 32.2. The van der Waals surface area contributed by atoms with E-state index in [0.717, 1.165) is 5.56 Å². The lowest BCUT2D eigenvalue weighted by atomic mass is 10.0. The van der Waals surface area contributed by atoms with E-state index in [1.54, 1.807) is 37.3 Å². The predicted octanol–water partition coefficient (Wildman–Crippen LogP) is 2.22. The van der Waals surface area contributed by atoms with Crippen molar-refractivity contribution >= 4 is 39.2 Å². The molecule has 3 amide bonds. The summed E-state index contributed by atoms with van der Waals surface area (Å²) >= 11 is 0. The number of fused-ring (bicyclic) bond motifs is 1. The summed E-state index contributed by atoms with van der Waals surface area (Å²) < 4.78 is 30.1. The molecule has 32 heavy (non-hydrogen) atoms. The molecular formula is C22H23N3O6S. The maximum Gasteiger partial charge on any atom is 0.299 e. The number of amides is 3. The fraction of sp³-hybridized carbons (Fsp3) is 0.318. The fourth-order valence-electron chi connectivity index (χ4n) is 4.04. The minimum Gasteiger partial charge on any atom is -0.354 e. The van der Waals surface area contributed by atoms with Crippen LogP contribution >= 0.6 is 0 Å². The van der Waals surface area contributed by atoms with Crippen molar-refractivity contribution in [3.8, 4) is 0 Å². The molecule has 1 saturated heterocycles. The first kappa shape index (κ1) is 22.0. The van der Waals surface area contributed by atoms with Gasteiger partial charge in [0.1, 0.15) is 10.9 Å². The zero-order valence-electron chi connectivity index (χ0n) is 17.7. The molecule has 2 heterocycles. The second-order valence-electron chi connectivity index (χ2n) is 7.72. The van der Waals surface area contributed by atoms with Gasteiger partial charge < -0.3 is 10.2 Å². The number of imide groups is 1. The Morgan fingerprint density at radius 3 is 2.66 bits per heavy atom. The molecule has 0 saturated carbocycles. The van der Waals surface area contributed by atoms with Crippen LogP contribution in [-0.2, 0) is 30.4 Å². The summed E-state index contributed by atoms with van der Waals surface area (Å²) in [6, 6.07) is 9.31. The van der Waals surface area contributed by atoms with E-state index < -0.39 is 22.1 Å². The standard InChI is InChI=1S/C22H23N3O6S/c1-3-31-32(29,30)18-9-7-13(2)11-16(18)23-15-6-4-5-14-12-25(22(28)20(14)15)17-8-10-19(26)24-21(17)27/h4-7,9,11,17,23H,3,8,10,12H2,1-2H3,(H,24,26,27). The number of benzene rings is 2. The molecule has 0 bridgehead atoms. The van der Waals surface area contributed by atoms with Gasteiger partial charge in [-0.15, -0.1) is 0 Å². The monoisotopic (exact) mass is 457 g/mol. The lowest BCUT2D eigenvalue weighted by Gasteiger charge is -2.29. The van der Waals surface area contributed by atoms with Crippen LogP contribution in [0.3, 0.4) is 0 Å². The van der Waals surface area contributed by atoms with Crippen LogP contribution in [0.15, 0.2) is 41.3 Å². The second-order valence-corrected chi connectivity index (χ2v) is 9.31. The van der Waals surface area contributed by atoms with Crippen LogP contribution in [0.25, 0.3) is 0 Å². The lowest BCUT2D eigenvalue weighted by molar-refractivity contribution is -0.136. The lowest BCUT2D eigenvalue weighted by Crippen LogP contribution is -2.52. The maximum absolute atomic E-state index is 13.3. The van der Waals surface area contributed by atoms with Gasteiger partial charge in [0.2, 0.25) is 11.8 Å². The van der Waals surface area contributed by atoms with Gasteiger partial charge in [-0.3, -0.25) is 23.9 Å². The minimum atomic E-state index is -3.99. The Morgan fingerprint density at radius 1 is 1.16 bits per heavy atom. The second kappa shape index (κ2) is 8.36. The first-order valence-electron chi connectivity index (χ1n) is 10.2. The number of anilines is 2. The van der Waals surface area contributed by atoms with Gasteiger partial charge in [0.15, 0.2) is 0 Å². The number of hydrogen-bond acceptors (Lipinski definition) is 7. The largest absolute Gasteiger partial charge is 0.354 e. The topological polar surface area (TPSA) is 122 Å². The van der Waals surface area contributed by atoms with Gasteiger partial charge in [-0.25, -0.2) is 0 Å². The molecule has 4 rings (SSSR count). The van der Waals surface area contributed by atoms with Crippen molar-refractivity contribution in [2.75, 3.05) is 11.9 Å². The summed E-state index contributed by atoms with van der Waals surface area (Å²) in [6.45, 7) is 3.64. The van der Waals surface area contributed by atoms with E-state index in [0.29, 0.717) is 22.5 Å². The fourth-order valence-corrected chi connectivity index (χ4v) is 5.09. The highest BCUT2D eigenvalue weighted by Gasteiger charge is 2.40. The first-order valence-corrected chi connectivity index (χ1v) is 11.7. The summed E-state index contributed by atoms with van der Waals surface area (Å²) in [6.07, 6.45) is 0.436. The molecule has 0 spiro atoms. The van der Waals surface area contributed by atoms with Gasteiger partial charge in [-0.05, 0) is 49.6 Å². The Kier molecular flexibility index (Phi) is 5.74. The summed E-state index contributed by atoms with van der Waals surface area (Å²) in [5.74, 6) is -1.18. The molecule has 1 unspecified atom stereocenters. The number of carbonyl (C=O) groups excluding carboxylic acids is 3. The van der Waals surface area contributed by atoms with Gasteiger partial charge in [0, 0.05) is 13.0 Å². The molecule has 10 heteroatoms. The Balaban J connectivity index is 1.69. The molecule has 1 atom stereocenters. The minimum absolute atomic E-state index is 0.00418. The zero-order valence-corrected chi connectivity index (χ0v) is 18.5. The van der Waals surface area contributed by atoms with E-state index in [1.807, 2.05) is 6.92 Å². The maximum atomic E-state index is 13.3. The van der Waals surface area contributed by atoms with E-state index in [9.17, 15) is 22.8 Å². The van der Waals surface area contributed by atoms with Crippen LogP contribution in [0.5, 0.6) is 0 Å². The van der Waals surface area contributed by atoms with Crippen molar-refractivity contribution in [1.82, 2.24) is 10.2 Å². The smallest absolute Gasteiger partial charge is 0.299 e. The number of rotatable bonds is 6. The number of carbonyl (C=O) groups is 3. The Morgan fingerprint density at radius 2 is 1.94 bits per heavy atom. The van der Waals surface area contributed by atoms with E-state index in [1.165, 1.54) is 11.0 Å². The molecule has 0 aliphatic carbocycles. The van der Waals surface area contributed by atoms with Crippen LogP contribution in [0.1, 0.15) is 41.3 Å². The number of nitrogens with zero attached hydrogens (tertiary/aromatic N) is 1. The van der Waals surface area contributed by atoms with Crippen molar-refractivity contribution in [3.05, 3.63) is 53.1 Å². The van der Waals surface area contributed by atoms with E-state index in [-0.39, 0.29) is 42.7 Å². The van der Waals surface area contributed by atoms with E-state index in [4.69, 9.17) is 4.18 Å². The third kappa shape index (κ3) is 3.98. The molecule has 0 aromatic heterocycles. The molecule has 9 nitrogen and oxygen atoms in total. The van der Waals surface area contributed by atoms with E-state index >= 15 is 0 Å². The number of hydrogen-bond donors (Lipinski definition) is 2. The normalized spacial score (nSPS) is 18.5. The average Bonchev–Trinajstić information content (AvgIpc) is 3.05. The van der Waals surface area contributed by atoms with E-state index in [2.05, 4.69) is 10.6 Å². The van der Waals surface area contributed by atoms with Crippen LogP contribution in [0.4, 0.5) is 11.4 Å². The molecular weight excluding hydrogens is 434 g/mol. The molecule has 2 aromatic carbocycles. The molecule has 2 aromatic rings. The predicted molar refractivity (Wildman–Crippen MR) is 116 cm³/mol. The number of nitrogens with one attached hydrogen (secondary N) is 2. The van der Waals surface area contributed by atoms with Gasteiger partial charge in [0.05, 0.1) is 23.5 Å². The van der Waals surface area contributed by atoms with Gasteiger partial charge in [-0.1, -0.05) is 18.2 Å². The third-order valence-corrected chi connectivity index (χ3v) is 6.94. The van der Waals surface area contributed by atoms with Crippen molar-refractivity contribution < 1.29 is 27.0 Å². The van der Waals surface area contributed by atoms with Crippen LogP contribution in [0.2, 0.25) is 0 Å².